The molecule has 7 heteroatoms. The number of carbonyl (C=O) groups excluding carboxylic acids is 1. The van der Waals surface area contributed by atoms with Gasteiger partial charge in [-0.3, -0.25) is 9.36 Å². The molecular weight excluding hydrogens is 348 g/mol. The molecule has 1 unspecified atom stereocenters. The van der Waals surface area contributed by atoms with Gasteiger partial charge in [-0.05, 0) is 32.8 Å². The first-order valence-electron chi connectivity index (χ1n) is 9.04. The van der Waals surface area contributed by atoms with Gasteiger partial charge in [0.15, 0.2) is 11.0 Å². The van der Waals surface area contributed by atoms with Crippen LogP contribution in [0.4, 0.5) is 0 Å². The van der Waals surface area contributed by atoms with Crippen molar-refractivity contribution in [1.29, 1.82) is 0 Å². The Balaban J connectivity index is 1.83. The van der Waals surface area contributed by atoms with E-state index < -0.39 is 0 Å². The summed E-state index contributed by atoms with van der Waals surface area (Å²) in [5.74, 6) is 1.000. The van der Waals surface area contributed by atoms with Gasteiger partial charge in [-0.25, -0.2) is 0 Å². The summed E-state index contributed by atoms with van der Waals surface area (Å²) in [6.07, 6.45) is 2.20. The zero-order valence-electron chi connectivity index (χ0n) is 15.6. The van der Waals surface area contributed by atoms with Crippen LogP contribution in [0, 0.1) is 6.92 Å². The molecule has 0 bridgehead atoms. The van der Waals surface area contributed by atoms with Crippen LogP contribution in [-0.2, 0) is 16.1 Å². The van der Waals surface area contributed by atoms with Crippen LogP contribution in [0.5, 0.6) is 0 Å². The Labute approximate surface area is 158 Å². The van der Waals surface area contributed by atoms with E-state index in [1.54, 1.807) is 7.11 Å². The van der Waals surface area contributed by atoms with Crippen LogP contribution in [0.3, 0.4) is 0 Å². The third kappa shape index (κ3) is 4.27. The van der Waals surface area contributed by atoms with Gasteiger partial charge in [0.05, 0.1) is 18.4 Å². The molecular formula is C19H26N4O2S. The average molecular weight is 375 g/mol. The fourth-order valence-electron chi connectivity index (χ4n) is 3.16. The Morgan fingerprint density at radius 1 is 1.31 bits per heavy atom. The maximum absolute atomic E-state index is 12.6. The molecule has 1 aliphatic rings. The first kappa shape index (κ1) is 18.9. The summed E-state index contributed by atoms with van der Waals surface area (Å²) in [6.45, 7) is 6.97. The molecule has 0 radical (unpaired) electrons. The van der Waals surface area contributed by atoms with Crippen LogP contribution in [0.2, 0.25) is 0 Å². The summed E-state index contributed by atoms with van der Waals surface area (Å²) in [5, 5.41) is 9.36. The van der Waals surface area contributed by atoms with E-state index in [1.807, 2.05) is 24.0 Å². The summed E-state index contributed by atoms with van der Waals surface area (Å²) in [4.78, 5) is 14.6. The quantitative estimate of drug-likeness (QED) is 0.697. The van der Waals surface area contributed by atoms with Crippen LogP contribution >= 0.6 is 11.8 Å². The average Bonchev–Trinajstić information content (AvgIpc) is 3.29. The van der Waals surface area contributed by atoms with Crippen LogP contribution in [0.15, 0.2) is 29.4 Å². The van der Waals surface area contributed by atoms with Crippen LogP contribution in [0.1, 0.15) is 25.3 Å². The summed E-state index contributed by atoms with van der Waals surface area (Å²) in [5.41, 5.74) is 2.20. The van der Waals surface area contributed by atoms with Crippen molar-refractivity contribution in [1.82, 2.24) is 19.7 Å². The molecule has 140 valence electrons. The molecule has 1 amide bonds. The van der Waals surface area contributed by atoms with Crippen molar-refractivity contribution >= 4 is 17.7 Å². The number of likely N-dealkylation sites (tertiary alicyclic amines) is 1. The molecule has 0 aliphatic carbocycles. The van der Waals surface area contributed by atoms with Crippen LogP contribution in [-0.4, -0.2) is 57.6 Å². The highest BCUT2D eigenvalue weighted by molar-refractivity contribution is 8.00. The number of aryl methyl sites for hydroxylation is 1. The smallest absolute Gasteiger partial charge is 0.235 e. The minimum absolute atomic E-state index is 0.177. The number of benzene rings is 1. The minimum atomic E-state index is -0.177. The van der Waals surface area contributed by atoms with Crippen molar-refractivity contribution in [3.05, 3.63) is 29.8 Å². The second kappa shape index (κ2) is 8.68. The van der Waals surface area contributed by atoms with Gasteiger partial charge >= 0.3 is 0 Å². The zero-order valence-corrected chi connectivity index (χ0v) is 16.5. The molecule has 2 aromatic rings. The maximum atomic E-state index is 12.6. The SMILES string of the molecule is COCCn1c(SC(C)C(=O)N2CCCC2)nnc1-c1cccc(C)c1. The highest BCUT2D eigenvalue weighted by atomic mass is 32.2. The second-order valence-corrected chi connectivity index (χ2v) is 7.92. The Bertz CT molecular complexity index is 756. The van der Waals surface area contributed by atoms with Gasteiger partial charge in [0.1, 0.15) is 0 Å². The molecule has 0 spiro atoms. The molecule has 0 saturated carbocycles. The van der Waals surface area contributed by atoms with Crippen LogP contribution in [0.25, 0.3) is 11.4 Å². The first-order chi connectivity index (χ1) is 12.6. The molecule has 1 aromatic carbocycles. The Hall–Kier alpha value is -1.86. The predicted octanol–water partition coefficient (Wildman–Crippen LogP) is 3.00. The highest BCUT2D eigenvalue weighted by Gasteiger charge is 2.26. The molecule has 1 aromatic heterocycles. The van der Waals surface area contributed by atoms with E-state index >= 15 is 0 Å². The third-order valence-electron chi connectivity index (χ3n) is 4.56. The number of amides is 1. The summed E-state index contributed by atoms with van der Waals surface area (Å²) < 4.78 is 7.31. The van der Waals surface area contributed by atoms with Gasteiger partial charge in [-0.15, -0.1) is 10.2 Å². The number of methoxy groups -OCH3 is 1. The molecule has 3 rings (SSSR count). The predicted molar refractivity (Wildman–Crippen MR) is 103 cm³/mol. The van der Waals surface area contributed by atoms with Gasteiger partial charge in [-0.1, -0.05) is 35.5 Å². The van der Waals surface area contributed by atoms with Crippen molar-refractivity contribution in [3.63, 3.8) is 0 Å². The number of hydrogen-bond donors (Lipinski definition) is 0. The Morgan fingerprint density at radius 2 is 2.08 bits per heavy atom. The largest absolute Gasteiger partial charge is 0.383 e. The van der Waals surface area contributed by atoms with Gasteiger partial charge in [0.2, 0.25) is 5.91 Å². The topological polar surface area (TPSA) is 60.2 Å². The van der Waals surface area contributed by atoms with E-state index in [2.05, 4.69) is 33.8 Å². The maximum Gasteiger partial charge on any atom is 0.235 e. The number of thioether (sulfide) groups is 1. The van der Waals surface area contributed by atoms with E-state index in [9.17, 15) is 4.79 Å². The zero-order chi connectivity index (χ0) is 18.5. The van der Waals surface area contributed by atoms with Crippen LogP contribution < -0.4 is 0 Å². The van der Waals surface area contributed by atoms with E-state index in [1.165, 1.54) is 17.3 Å². The second-order valence-electron chi connectivity index (χ2n) is 6.61. The molecule has 0 N–H and O–H groups in total. The number of hydrogen-bond acceptors (Lipinski definition) is 5. The molecule has 1 saturated heterocycles. The molecule has 2 heterocycles. The lowest BCUT2D eigenvalue weighted by Gasteiger charge is -2.20. The minimum Gasteiger partial charge on any atom is -0.383 e. The van der Waals surface area contributed by atoms with Crippen molar-refractivity contribution < 1.29 is 9.53 Å². The number of carbonyl (C=O) groups is 1. The number of aromatic nitrogens is 3. The van der Waals surface area contributed by atoms with Crippen molar-refractivity contribution in [2.45, 2.75) is 43.6 Å². The lowest BCUT2D eigenvalue weighted by molar-refractivity contribution is -0.129. The number of nitrogens with zero attached hydrogens (tertiary/aromatic N) is 4. The van der Waals surface area contributed by atoms with E-state index in [0.29, 0.717) is 13.2 Å². The first-order valence-corrected chi connectivity index (χ1v) is 9.92. The molecule has 1 atom stereocenters. The number of rotatable bonds is 7. The lowest BCUT2D eigenvalue weighted by atomic mass is 10.1. The van der Waals surface area contributed by atoms with Crippen molar-refractivity contribution in [2.24, 2.45) is 0 Å². The van der Waals surface area contributed by atoms with E-state index in [0.717, 1.165) is 42.5 Å². The Kier molecular flexibility index (Phi) is 6.32. The van der Waals surface area contributed by atoms with Gasteiger partial charge in [0, 0.05) is 25.8 Å². The van der Waals surface area contributed by atoms with Crippen molar-refractivity contribution in [3.8, 4) is 11.4 Å². The number of ether oxygens (including phenoxy) is 1. The van der Waals surface area contributed by atoms with Gasteiger partial charge in [0.25, 0.3) is 0 Å². The standard InChI is InChI=1S/C19H26N4O2S/c1-14-7-6-8-16(13-14)17-20-21-19(23(17)11-12-25-3)26-15(2)18(24)22-9-4-5-10-22/h6-8,13,15H,4-5,9-12H2,1-3H3. The van der Waals surface area contributed by atoms with Gasteiger partial charge < -0.3 is 9.64 Å². The fourth-order valence-corrected chi connectivity index (χ4v) is 4.12. The fraction of sp³-hybridized carbons (Fsp3) is 0.526. The summed E-state index contributed by atoms with van der Waals surface area (Å²) in [6, 6.07) is 8.21. The lowest BCUT2D eigenvalue weighted by Crippen LogP contribution is -2.34. The summed E-state index contributed by atoms with van der Waals surface area (Å²) in [7, 11) is 1.68. The monoisotopic (exact) mass is 374 g/mol. The summed E-state index contributed by atoms with van der Waals surface area (Å²) >= 11 is 1.48. The van der Waals surface area contributed by atoms with Gasteiger partial charge in [-0.2, -0.15) is 0 Å². The van der Waals surface area contributed by atoms with Crippen molar-refractivity contribution in [2.75, 3.05) is 26.8 Å². The highest BCUT2D eigenvalue weighted by Crippen LogP contribution is 2.28. The normalized spacial score (nSPS) is 15.4. The molecule has 1 aliphatic heterocycles. The van der Waals surface area contributed by atoms with E-state index in [-0.39, 0.29) is 11.2 Å². The molecule has 6 nitrogen and oxygen atoms in total. The third-order valence-corrected chi connectivity index (χ3v) is 5.63. The Morgan fingerprint density at radius 3 is 2.77 bits per heavy atom. The van der Waals surface area contributed by atoms with E-state index in [4.69, 9.17) is 4.74 Å². The molecule has 1 fully saturated rings. The molecule has 26 heavy (non-hydrogen) atoms.